The maximum atomic E-state index is 13.0. The number of likely N-dealkylation sites (tertiary alicyclic amines) is 1. The van der Waals surface area contributed by atoms with Gasteiger partial charge < -0.3 is 31.0 Å². The van der Waals surface area contributed by atoms with Gasteiger partial charge in [0.15, 0.2) is 12.4 Å². The van der Waals surface area contributed by atoms with E-state index < -0.39 is 23.3 Å². The van der Waals surface area contributed by atoms with Gasteiger partial charge in [-0.3, -0.25) is 19.3 Å². The Morgan fingerprint density at radius 3 is 2.69 bits per heavy atom. The van der Waals surface area contributed by atoms with Crippen LogP contribution in [0.5, 0.6) is 5.75 Å². The molecule has 4 heterocycles. The number of hydrogen-bond donors (Lipinski definition) is 3. The molecule has 5 rings (SSSR count). The number of thioether (sulfide) groups is 1. The van der Waals surface area contributed by atoms with Gasteiger partial charge in [0.25, 0.3) is 5.91 Å². The molecule has 11 nitrogen and oxygen atoms in total. The molecule has 0 unspecified atom stereocenters. The van der Waals surface area contributed by atoms with Gasteiger partial charge in [-0.1, -0.05) is 11.6 Å². The van der Waals surface area contributed by atoms with Crippen LogP contribution in [0.25, 0.3) is 0 Å². The molecule has 2 aromatic rings. The molecule has 13 heteroatoms. The van der Waals surface area contributed by atoms with Crippen LogP contribution in [-0.4, -0.2) is 62.3 Å². The van der Waals surface area contributed by atoms with Crippen molar-refractivity contribution in [3.8, 4) is 5.75 Å². The second kappa shape index (κ2) is 10.7. The highest BCUT2D eigenvalue weighted by molar-refractivity contribution is 8.00. The summed E-state index contributed by atoms with van der Waals surface area (Å²) in [5.74, 6) is -2.18. The summed E-state index contributed by atoms with van der Waals surface area (Å²) in [7, 11) is 0. The average Bonchev–Trinajstić information content (AvgIpc) is 3.24. The fourth-order valence-corrected chi connectivity index (χ4v) is 6.11. The van der Waals surface area contributed by atoms with Crippen LogP contribution in [0.4, 0.5) is 5.69 Å². The molecule has 4 N–H and O–H groups in total. The third-order valence-corrected chi connectivity index (χ3v) is 8.31. The zero-order chi connectivity index (χ0) is 27.8. The lowest BCUT2D eigenvalue weighted by atomic mass is 10.0. The smallest absolute Gasteiger partial charge is 0.290 e. The number of carbonyl (C=O) groups excluding carboxylic acids is 4. The first-order valence-electron chi connectivity index (χ1n) is 12.0. The maximum Gasteiger partial charge on any atom is 0.290 e. The molecule has 0 radical (unpaired) electrons. The number of aliphatic carboxylic acids is 1. The fourth-order valence-electron chi connectivity index (χ4n) is 4.67. The number of benzene rings is 1. The second-order valence-electron chi connectivity index (χ2n) is 9.34. The first-order valence-corrected chi connectivity index (χ1v) is 13.5. The van der Waals surface area contributed by atoms with Crippen molar-refractivity contribution in [2.45, 2.75) is 30.9 Å². The lowest BCUT2D eigenvalue weighted by molar-refractivity contribution is -0.684. The number of amides is 3. The van der Waals surface area contributed by atoms with E-state index in [1.807, 2.05) is 12.1 Å². The highest BCUT2D eigenvalue weighted by Gasteiger charge is 2.50. The number of carboxylic acids is 1. The highest BCUT2D eigenvalue weighted by atomic mass is 35.5. The number of allylic oxidation sites excluding steroid dienone is 1. The van der Waals surface area contributed by atoms with E-state index in [2.05, 4.69) is 5.32 Å². The molecule has 0 bridgehead atoms. The predicted molar refractivity (Wildman–Crippen MR) is 140 cm³/mol. The van der Waals surface area contributed by atoms with Crippen molar-refractivity contribution >= 4 is 52.7 Å². The average molecular weight is 570 g/mol. The number of hydrogen-bond acceptors (Lipinski definition) is 8. The van der Waals surface area contributed by atoms with E-state index in [1.54, 1.807) is 34.0 Å². The monoisotopic (exact) mass is 569 g/mol. The van der Waals surface area contributed by atoms with Gasteiger partial charge >= 0.3 is 0 Å². The molecule has 202 valence electrons. The van der Waals surface area contributed by atoms with Gasteiger partial charge in [-0.25, -0.2) is 0 Å². The fraction of sp³-hybridized carbons (Fsp3) is 0.269. The molecule has 2 atom stereocenters. The number of phenols is 1. The number of fused-ring (bicyclic) bond motifs is 1. The molecule has 39 heavy (non-hydrogen) atoms. The van der Waals surface area contributed by atoms with E-state index in [0.29, 0.717) is 42.1 Å². The van der Waals surface area contributed by atoms with Crippen molar-refractivity contribution in [2.75, 3.05) is 17.6 Å². The minimum atomic E-state index is -1.46. The number of anilines is 1. The summed E-state index contributed by atoms with van der Waals surface area (Å²) in [6.45, 7) is 0.861. The van der Waals surface area contributed by atoms with Crippen LogP contribution in [0, 0.1) is 0 Å². The van der Waals surface area contributed by atoms with E-state index in [-0.39, 0.29) is 34.8 Å². The third kappa shape index (κ3) is 5.35. The Balaban J connectivity index is 1.21. The Kier molecular flexibility index (Phi) is 7.34. The number of pyridine rings is 1. The zero-order valence-corrected chi connectivity index (χ0v) is 22.1. The molecule has 3 amide bonds. The van der Waals surface area contributed by atoms with Crippen molar-refractivity contribution in [1.29, 1.82) is 0 Å². The van der Waals surface area contributed by atoms with E-state index >= 15 is 0 Å². The van der Waals surface area contributed by atoms with Crippen LogP contribution in [0.2, 0.25) is 5.02 Å². The third-order valence-electron chi connectivity index (χ3n) is 6.68. The summed E-state index contributed by atoms with van der Waals surface area (Å²) in [6.07, 6.45) is 5.47. The highest BCUT2D eigenvalue weighted by Crippen LogP contribution is 2.40. The first-order chi connectivity index (χ1) is 18.6. The molecule has 0 spiro atoms. The lowest BCUT2D eigenvalue weighted by Crippen LogP contribution is -2.69. The Hall–Kier alpha value is -3.87. The summed E-state index contributed by atoms with van der Waals surface area (Å²) in [5.41, 5.74) is 7.73. The minimum absolute atomic E-state index is 0.0491. The molecular formula is C26H24ClN5O6S. The minimum Gasteiger partial charge on any atom is -0.543 e. The molecule has 3 aliphatic rings. The van der Waals surface area contributed by atoms with Crippen LogP contribution >= 0.6 is 23.4 Å². The number of halogens is 1. The van der Waals surface area contributed by atoms with Crippen LogP contribution in [0.3, 0.4) is 0 Å². The first kappa shape index (κ1) is 26.7. The summed E-state index contributed by atoms with van der Waals surface area (Å²) in [6, 6.07) is 7.28. The number of nitrogens with one attached hydrogen (secondary N) is 1. The molecule has 0 saturated carbocycles. The number of phenolic OH excluding ortho intramolecular Hbond substituents is 1. The van der Waals surface area contributed by atoms with Crippen LogP contribution < -0.4 is 20.7 Å². The van der Waals surface area contributed by atoms with E-state index in [9.17, 15) is 29.4 Å². The van der Waals surface area contributed by atoms with Gasteiger partial charge in [-0.15, -0.1) is 11.8 Å². The number of rotatable bonds is 7. The summed E-state index contributed by atoms with van der Waals surface area (Å²) >= 11 is 7.23. The predicted octanol–water partition coefficient (Wildman–Crippen LogP) is -0.123. The number of nitrogens with two attached hydrogens (primary N) is 1. The lowest BCUT2D eigenvalue weighted by Gasteiger charge is -2.49. The van der Waals surface area contributed by atoms with Crippen LogP contribution in [-0.2, 0) is 32.3 Å². The summed E-state index contributed by atoms with van der Waals surface area (Å²) in [5, 5.41) is 23.7. The SMILES string of the molecule is N[C@@H]1C(=O)N2C(C(=O)[O-])=C(/C=C3\CCN(Cc4cc[n+](CC(=O)Nc5ccc(O)c(Cl)c5)cc4)C3=O)CS[C@H]12. The van der Waals surface area contributed by atoms with Crippen molar-refractivity contribution < 1.29 is 34.0 Å². The molecule has 0 aliphatic carbocycles. The quantitative estimate of drug-likeness (QED) is 0.180. The van der Waals surface area contributed by atoms with Gasteiger partial charge in [0, 0.05) is 42.2 Å². The van der Waals surface area contributed by atoms with Gasteiger partial charge in [0.1, 0.15) is 17.2 Å². The van der Waals surface area contributed by atoms with Gasteiger partial charge in [-0.2, -0.15) is 4.57 Å². The van der Waals surface area contributed by atoms with Crippen LogP contribution in [0.1, 0.15) is 12.0 Å². The van der Waals surface area contributed by atoms with Crippen LogP contribution in [0.15, 0.2) is 65.6 Å². The Bertz CT molecular complexity index is 1440. The number of aromatic nitrogens is 1. The van der Waals surface area contributed by atoms with Crippen molar-refractivity contribution in [1.82, 2.24) is 9.80 Å². The Morgan fingerprint density at radius 2 is 2.00 bits per heavy atom. The summed E-state index contributed by atoms with van der Waals surface area (Å²) < 4.78 is 1.68. The molecular weight excluding hydrogens is 546 g/mol. The number of aromatic hydroxyl groups is 1. The normalized spacial score (nSPS) is 21.7. The van der Waals surface area contributed by atoms with Gasteiger partial charge in [-0.05, 0) is 41.8 Å². The number of nitrogens with zero attached hydrogens (tertiary/aromatic N) is 3. The van der Waals surface area contributed by atoms with Crippen molar-refractivity contribution in [2.24, 2.45) is 5.73 Å². The maximum absolute atomic E-state index is 13.0. The molecule has 3 aliphatic heterocycles. The van der Waals surface area contributed by atoms with E-state index in [0.717, 1.165) is 10.5 Å². The summed E-state index contributed by atoms with van der Waals surface area (Å²) in [4.78, 5) is 52.1. The molecule has 2 fully saturated rings. The zero-order valence-electron chi connectivity index (χ0n) is 20.5. The largest absolute Gasteiger partial charge is 0.543 e. The molecule has 2 saturated heterocycles. The molecule has 1 aromatic carbocycles. The van der Waals surface area contributed by atoms with Gasteiger partial charge in [0.2, 0.25) is 18.4 Å². The van der Waals surface area contributed by atoms with Gasteiger partial charge in [0.05, 0.1) is 16.7 Å². The Morgan fingerprint density at radius 1 is 1.26 bits per heavy atom. The molecule has 1 aromatic heterocycles. The topological polar surface area (TPSA) is 160 Å². The second-order valence-corrected chi connectivity index (χ2v) is 10.8. The van der Waals surface area contributed by atoms with Crippen molar-refractivity contribution in [3.63, 3.8) is 0 Å². The number of β-lactam (4-membered cyclic amide) rings is 1. The Labute approximate surface area is 232 Å². The van der Waals surface area contributed by atoms with E-state index in [4.69, 9.17) is 17.3 Å². The number of carboxylic acid groups (broad SMARTS) is 1. The van der Waals surface area contributed by atoms with E-state index in [1.165, 1.54) is 23.9 Å². The standard InChI is InChI=1S/C26H24ClN5O6S/c27-18-10-17(1-2-19(18)33)29-20(34)12-30-6-3-14(4-7-30)11-31-8-5-15(23(31)35)9-16-13-39-25-21(28)24(36)32(25)22(16)26(37)38/h1-4,6-7,9-10,21,25H,5,8,11-13,28H2,(H2-,29,33,34,37,38)/b15-9+/t21-,25-/m1/s1. The number of carbonyl (C=O) groups is 4. The van der Waals surface area contributed by atoms with Crippen molar-refractivity contribution in [3.05, 3.63) is 76.2 Å².